The number of nitrogens with one attached hydrogen (secondary N) is 1. The fourth-order valence-corrected chi connectivity index (χ4v) is 5.66. The lowest BCUT2D eigenvalue weighted by Gasteiger charge is -2.23. The maximum absolute atomic E-state index is 13.2. The summed E-state index contributed by atoms with van der Waals surface area (Å²) in [6.07, 6.45) is 0.418. The number of hydrogen-bond donors (Lipinski definition) is 1. The number of amides is 1. The van der Waals surface area contributed by atoms with Crippen LogP contribution in [0.5, 0.6) is 11.5 Å². The molecule has 0 saturated carbocycles. The molecule has 10 heteroatoms. The van der Waals surface area contributed by atoms with E-state index in [2.05, 4.69) is 5.32 Å². The minimum Gasteiger partial charge on any atom is -0.457 e. The smallest absolute Gasteiger partial charge is 0.255 e. The molecule has 198 valence electrons. The summed E-state index contributed by atoms with van der Waals surface area (Å²) in [6.45, 7) is 3.84. The van der Waals surface area contributed by atoms with Gasteiger partial charge in [-0.05, 0) is 68.4 Å². The van der Waals surface area contributed by atoms with Gasteiger partial charge in [0.1, 0.15) is 28.7 Å². The van der Waals surface area contributed by atoms with Crippen LogP contribution in [0.15, 0.2) is 65.1 Å². The molecule has 4 aromatic rings. The van der Waals surface area contributed by atoms with Crippen molar-refractivity contribution < 1.29 is 31.5 Å². The third kappa shape index (κ3) is 4.84. The molecule has 38 heavy (non-hydrogen) atoms. The molecule has 1 amide bonds. The summed E-state index contributed by atoms with van der Waals surface area (Å²) in [5.41, 5.74) is 2.43. The zero-order valence-corrected chi connectivity index (χ0v) is 22.1. The van der Waals surface area contributed by atoms with E-state index in [1.54, 1.807) is 36.4 Å². The third-order valence-corrected chi connectivity index (χ3v) is 7.57. The number of hydrogen-bond acceptors (Lipinski definition) is 6. The summed E-state index contributed by atoms with van der Waals surface area (Å²) in [7, 11) is -2.06. The number of sulfonamides is 1. The SMILES string of the molecule is CNC(=O)c1c(-c2ccc(Oc3ccc(F)cc3)cc2)oc2cc3c(cc12)[C@H](C)O[C@H](C)CN3S(C)(=O)=O. The highest BCUT2D eigenvalue weighted by Crippen LogP contribution is 2.42. The van der Waals surface area contributed by atoms with E-state index in [0.717, 1.165) is 6.26 Å². The van der Waals surface area contributed by atoms with E-state index in [1.807, 2.05) is 13.8 Å². The highest BCUT2D eigenvalue weighted by atomic mass is 32.2. The van der Waals surface area contributed by atoms with Crippen molar-refractivity contribution in [1.29, 1.82) is 0 Å². The Kier molecular flexibility index (Phi) is 6.62. The van der Waals surface area contributed by atoms with Crippen molar-refractivity contribution in [2.75, 3.05) is 24.2 Å². The predicted octanol–water partition coefficient (Wildman–Crippen LogP) is 5.64. The zero-order chi connectivity index (χ0) is 27.2. The molecule has 3 aromatic carbocycles. The predicted molar refractivity (Wildman–Crippen MR) is 143 cm³/mol. The monoisotopic (exact) mass is 538 g/mol. The van der Waals surface area contributed by atoms with Crippen LogP contribution in [0.1, 0.15) is 35.9 Å². The van der Waals surface area contributed by atoms with E-state index in [4.69, 9.17) is 13.9 Å². The Balaban J connectivity index is 1.62. The van der Waals surface area contributed by atoms with Crippen LogP contribution in [-0.2, 0) is 14.8 Å². The Labute approximate surface area is 220 Å². The first-order chi connectivity index (χ1) is 18.0. The third-order valence-electron chi connectivity index (χ3n) is 6.42. The minimum absolute atomic E-state index is 0.160. The quantitative estimate of drug-likeness (QED) is 0.353. The fourth-order valence-electron chi connectivity index (χ4n) is 4.67. The molecule has 1 N–H and O–H groups in total. The Morgan fingerprint density at radius 1 is 1.05 bits per heavy atom. The number of rotatable bonds is 5. The molecule has 1 aliphatic heterocycles. The second-order valence-electron chi connectivity index (χ2n) is 9.26. The normalized spacial score (nSPS) is 17.7. The number of halogens is 1. The molecule has 1 aliphatic rings. The van der Waals surface area contributed by atoms with E-state index in [0.29, 0.717) is 50.6 Å². The molecule has 8 nitrogen and oxygen atoms in total. The highest BCUT2D eigenvalue weighted by molar-refractivity contribution is 7.92. The van der Waals surface area contributed by atoms with Gasteiger partial charge >= 0.3 is 0 Å². The molecule has 0 bridgehead atoms. The Hall–Kier alpha value is -3.89. The number of ether oxygens (including phenoxy) is 2. The molecular weight excluding hydrogens is 511 g/mol. The van der Waals surface area contributed by atoms with Crippen molar-refractivity contribution in [1.82, 2.24) is 5.32 Å². The van der Waals surface area contributed by atoms with Gasteiger partial charge in [-0.15, -0.1) is 0 Å². The van der Waals surface area contributed by atoms with Crippen molar-refractivity contribution in [2.45, 2.75) is 26.1 Å². The minimum atomic E-state index is -3.60. The lowest BCUT2D eigenvalue weighted by molar-refractivity contribution is 0.0175. The van der Waals surface area contributed by atoms with Gasteiger partial charge in [-0.1, -0.05) is 0 Å². The summed E-state index contributed by atoms with van der Waals surface area (Å²) < 4.78 is 57.8. The fraction of sp³-hybridized carbons (Fsp3) is 0.250. The van der Waals surface area contributed by atoms with Gasteiger partial charge in [-0.25, -0.2) is 12.8 Å². The summed E-state index contributed by atoms with van der Waals surface area (Å²) in [4.78, 5) is 13.0. The van der Waals surface area contributed by atoms with E-state index in [9.17, 15) is 17.6 Å². The molecule has 0 unspecified atom stereocenters. The van der Waals surface area contributed by atoms with Crippen molar-refractivity contribution in [3.63, 3.8) is 0 Å². The highest BCUT2D eigenvalue weighted by Gasteiger charge is 2.32. The van der Waals surface area contributed by atoms with Crippen LogP contribution >= 0.6 is 0 Å². The number of furan rings is 1. The largest absolute Gasteiger partial charge is 0.457 e. The Morgan fingerprint density at radius 2 is 1.68 bits per heavy atom. The van der Waals surface area contributed by atoms with Crippen molar-refractivity contribution in [2.24, 2.45) is 0 Å². The molecule has 0 aliphatic carbocycles. The van der Waals surface area contributed by atoms with Gasteiger partial charge in [0, 0.05) is 29.6 Å². The van der Waals surface area contributed by atoms with Gasteiger partial charge in [-0.2, -0.15) is 0 Å². The summed E-state index contributed by atoms with van der Waals surface area (Å²) >= 11 is 0. The topological polar surface area (TPSA) is 98.1 Å². The van der Waals surface area contributed by atoms with Crippen LogP contribution in [0, 0.1) is 5.82 Å². The van der Waals surface area contributed by atoms with Crippen molar-refractivity contribution in [3.8, 4) is 22.8 Å². The van der Waals surface area contributed by atoms with E-state index in [1.165, 1.54) is 35.6 Å². The van der Waals surface area contributed by atoms with E-state index < -0.39 is 16.1 Å². The van der Waals surface area contributed by atoms with E-state index >= 15 is 0 Å². The number of nitrogens with zero attached hydrogens (tertiary/aromatic N) is 1. The maximum Gasteiger partial charge on any atom is 0.255 e. The number of carbonyl (C=O) groups is 1. The molecule has 0 fully saturated rings. The van der Waals surface area contributed by atoms with Gasteiger partial charge < -0.3 is 19.2 Å². The van der Waals surface area contributed by atoms with E-state index in [-0.39, 0.29) is 24.4 Å². The van der Waals surface area contributed by atoms with Crippen LogP contribution < -0.4 is 14.4 Å². The van der Waals surface area contributed by atoms with Crippen molar-refractivity contribution in [3.05, 3.63) is 77.6 Å². The van der Waals surface area contributed by atoms with Crippen LogP contribution in [0.25, 0.3) is 22.3 Å². The average Bonchev–Trinajstić information content (AvgIpc) is 3.19. The molecule has 1 aromatic heterocycles. The second kappa shape index (κ2) is 9.77. The first-order valence-corrected chi connectivity index (χ1v) is 13.9. The molecule has 5 rings (SSSR count). The lowest BCUT2D eigenvalue weighted by atomic mass is 10.0. The molecule has 2 atom stereocenters. The van der Waals surface area contributed by atoms with Crippen LogP contribution in [0.2, 0.25) is 0 Å². The number of benzene rings is 3. The molecule has 0 radical (unpaired) electrons. The van der Waals surface area contributed by atoms with Crippen LogP contribution in [0.3, 0.4) is 0 Å². The number of carbonyl (C=O) groups excluding carboxylic acids is 1. The van der Waals surface area contributed by atoms with Gasteiger partial charge in [-0.3, -0.25) is 9.10 Å². The first-order valence-electron chi connectivity index (χ1n) is 12.0. The van der Waals surface area contributed by atoms with Crippen molar-refractivity contribution >= 4 is 32.6 Å². The number of anilines is 1. The number of fused-ring (bicyclic) bond motifs is 2. The Morgan fingerprint density at radius 3 is 2.29 bits per heavy atom. The average molecular weight is 539 g/mol. The molecular formula is C28H27FN2O6S. The standard InChI is InChI=1S/C28H27FN2O6S/c1-16-15-31(38(4,33)34)24-14-25-23(13-22(24)17(2)35-16)26(28(32)30-3)27(37-25)18-5-9-20(10-6-18)36-21-11-7-19(29)8-12-21/h5-14,16-17H,15H2,1-4H3,(H,30,32)/t16-,17+/m1/s1. The maximum atomic E-state index is 13.2. The van der Waals surface area contributed by atoms with Gasteiger partial charge in [0.15, 0.2) is 0 Å². The van der Waals surface area contributed by atoms with Gasteiger partial charge in [0.25, 0.3) is 5.91 Å². The van der Waals surface area contributed by atoms with Gasteiger partial charge in [0.2, 0.25) is 10.0 Å². The summed E-state index contributed by atoms with van der Waals surface area (Å²) in [5, 5.41) is 3.21. The first kappa shape index (κ1) is 25.7. The molecule has 0 spiro atoms. The Bertz CT molecular complexity index is 1610. The zero-order valence-electron chi connectivity index (χ0n) is 21.3. The summed E-state index contributed by atoms with van der Waals surface area (Å²) in [5.74, 6) is 0.637. The lowest BCUT2D eigenvalue weighted by Crippen LogP contribution is -2.35. The summed E-state index contributed by atoms with van der Waals surface area (Å²) in [6, 6.07) is 16.1. The van der Waals surface area contributed by atoms with Crippen LogP contribution in [0.4, 0.5) is 10.1 Å². The van der Waals surface area contributed by atoms with Crippen LogP contribution in [-0.4, -0.2) is 40.3 Å². The second-order valence-corrected chi connectivity index (χ2v) is 11.2. The molecule has 2 heterocycles. The van der Waals surface area contributed by atoms with Gasteiger partial charge in [0.05, 0.1) is 36.3 Å². The molecule has 0 saturated heterocycles.